The summed E-state index contributed by atoms with van der Waals surface area (Å²) in [6.07, 6.45) is -0.605. The number of rotatable bonds is 4. The lowest BCUT2D eigenvalue weighted by Crippen LogP contribution is -2.26. The van der Waals surface area contributed by atoms with Crippen LogP contribution in [0.25, 0.3) is 0 Å². The molecule has 0 amide bonds. The van der Waals surface area contributed by atoms with Crippen molar-refractivity contribution in [3.8, 4) is 5.75 Å². The molecule has 0 saturated carbocycles. The van der Waals surface area contributed by atoms with E-state index in [1.807, 2.05) is 24.3 Å². The van der Waals surface area contributed by atoms with Crippen molar-refractivity contribution in [3.63, 3.8) is 0 Å². The summed E-state index contributed by atoms with van der Waals surface area (Å²) in [5.74, 6) is 0.718. The van der Waals surface area contributed by atoms with E-state index >= 15 is 0 Å². The third-order valence-corrected chi connectivity index (χ3v) is 2.20. The van der Waals surface area contributed by atoms with Gasteiger partial charge in [-0.1, -0.05) is 12.1 Å². The molecule has 3 nitrogen and oxygen atoms in total. The molecule has 1 aromatic rings. The first kappa shape index (κ1) is 10.5. The standard InChI is InChI=1S/C9H12BrNO2/c10-8-3-1-2-4-9(8)13-6-7(12)5-11/h1-4,7,12H,5-6,11H2/t7-/m1/s1. The number of aliphatic hydroxyl groups excluding tert-OH is 1. The van der Waals surface area contributed by atoms with Crippen LogP contribution in [-0.2, 0) is 0 Å². The second-order valence-corrected chi connectivity index (χ2v) is 3.49. The highest BCUT2D eigenvalue weighted by atomic mass is 79.9. The minimum atomic E-state index is -0.605. The number of ether oxygens (including phenoxy) is 1. The molecular formula is C9H12BrNO2. The summed E-state index contributed by atoms with van der Waals surface area (Å²) in [5.41, 5.74) is 5.23. The van der Waals surface area contributed by atoms with Crippen molar-refractivity contribution in [1.29, 1.82) is 0 Å². The molecule has 1 rings (SSSR count). The Bertz CT molecular complexity index is 268. The molecule has 0 heterocycles. The minimum Gasteiger partial charge on any atom is -0.490 e. The predicted octanol–water partition coefficient (Wildman–Crippen LogP) is 1.15. The molecule has 1 aromatic carbocycles. The van der Waals surface area contributed by atoms with Gasteiger partial charge in [0.15, 0.2) is 0 Å². The quantitative estimate of drug-likeness (QED) is 0.837. The van der Waals surface area contributed by atoms with Gasteiger partial charge in [-0.25, -0.2) is 0 Å². The van der Waals surface area contributed by atoms with Gasteiger partial charge in [0.2, 0.25) is 0 Å². The average Bonchev–Trinajstić information content (AvgIpc) is 2.16. The Hall–Kier alpha value is -0.580. The summed E-state index contributed by atoms with van der Waals surface area (Å²) >= 11 is 3.33. The van der Waals surface area contributed by atoms with Crippen molar-refractivity contribution >= 4 is 15.9 Å². The average molecular weight is 246 g/mol. The zero-order chi connectivity index (χ0) is 9.68. The first-order valence-corrected chi connectivity index (χ1v) is 4.79. The Labute approximate surface area is 85.6 Å². The van der Waals surface area contributed by atoms with Crippen LogP contribution in [0.4, 0.5) is 0 Å². The maximum Gasteiger partial charge on any atom is 0.133 e. The van der Waals surface area contributed by atoms with Crippen LogP contribution in [0.2, 0.25) is 0 Å². The molecule has 3 N–H and O–H groups in total. The van der Waals surface area contributed by atoms with Crippen molar-refractivity contribution in [3.05, 3.63) is 28.7 Å². The van der Waals surface area contributed by atoms with Crippen LogP contribution in [0.3, 0.4) is 0 Å². The molecule has 4 heteroatoms. The van der Waals surface area contributed by atoms with Gasteiger partial charge in [-0.15, -0.1) is 0 Å². The first-order valence-electron chi connectivity index (χ1n) is 3.99. The summed E-state index contributed by atoms with van der Waals surface area (Å²) < 4.78 is 6.19. The lowest BCUT2D eigenvalue weighted by Gasteiger charge is -2.10. The Morgan fingerprint density at radius 3 is 2.77 bits per heavy atom. The summed E-state index contributed by atoms with van der Waals surface area (Å²) in [7, 11) is 0. The van der Waals surface area contributed by atoms with E-state index in [9.17, 15) is 0 Å². The highest BCUT2D eigenvalue weighted by molar-refractivity contribution is 9.10. The lowest BCUT2D eigenvalue weighted by molar-refractivity contribution is 0.114. The van der Waals surface area contributed by atoms with Gasteiger partial charge in [0, 0.05) is 6.54 Å². The van der Waals surface area contributed by atoms with E-state index < -0.39 is 6.10 Å². The van der Waals surface area contributed by atoms with Crippen molar-refractivity contribution in [1.82, 2.24) is 0 Å². The van der Waals surface area contributed by atoms with Crippen molar-refractivity contribution in [2.45, 2.75) is 6.10 Å². The van der Waals surface area contributed by atoms with Gasteiger partial charge in [0.25, 0.3) is 0 Å². The van der Waals surface area contributed by atoms with E-state index in [0.29, 0.717) is 0 Å². The van der Waals surface area contributed by atoms with Crippen molar-refractivity contribution in [2.75, 3.05) is 13.2 Å². The van der Waals surface area contributed by atoms with Crippen LogP contribution in [0.15, 0.2) is 28.7 Å². The van der Waals surface area contributed by atoms with Crippen LogP contribution < -0.4 is 10.5 Å². The number of hydrogen-bond donors (Lipinski definition) is 2. The molecule has 0 aliphatic rings. The lowest BCUT2D eigenvalue weighted by atomic mass is 10.3. The molecular weight excluding hydrogens is 234 g/mol. The van der Waals surface area contributed by atoms with Gasteiger partial charge in [-0.05, 0) is 28.1 Å². The molecule has 0 radical (unpaired) electrons. The highest BCUT2D eigenvalue weighted by Crippen LogP contribution is 2.23. The van der Waals surface area contributed by atoms with E-state index in [-0.39, 0.29) is 13.2 Å². The van der Waals surface area contributed by atoms with Gasteiger partial charge < -0.3 is 15.6 Å². The van der Waals surface area contributed by atoms with Gasteiger partial charge in [0.05, 0.1) is 4.47 Å². The highest BCUT2D eigenvalue weighted by Gasteiger charge is 2.03. The predicted molar refractivity (Wildman–Crippen MR) is 54.7 cm³/mol. The molecule has 0 aliphatic carbocycles. The van der Waals surface area contributed by atoms with E-state index in [2.05, 4.69) is 15.9 Å². The summed E-state index contributed by atoms with van der Waals surface area (Å²) in [4.78, 5) is 0. The zero-order valence-corrected chi connectivity index (χ0v) is 8.70. The van der Waals surface area contributed by atoms with Crippen molar-refractivity contribution < 1.29 is 9.84 Å². The first-order chi connectivity index (χ1) is 6.24. The number of aliphatic hydroxyl groups is 1. The molecule has 0 aromatic heterocycles. The van der Waals surface area contributed by atoms with Gasteiger partial charge in [-0.2, -0.15) is 0 Å². The second kappa shape index (κ2) is 5.21. The molecule has 0 unspecified atom stereocenters. The second-order valence-electron chi connectivity index (χ2n) is 2.63. The van der Waals surface area contributed by atoms with Gasteiger partial charge in [0.1, 0.15) is 18.5 Å². The van der Waals surface area contributed by atoms with Crippen LogP contribution in [0.1, 0.15) is 0 Å². The summed E-state index contributed by atoms with van der Waals surface area (Å²) in [6, 6.07) is 7.47. The fourth-order valence-corrected chi connectivity index (χ4v) is 1.22. The molecule has 0 bridgehead atoms. The third kappa shape index (κ3) is 3.34. The topological polar surface area (TPSA) is 55.5 Å². The molecule has 0 aliphatic heterocycles. The van der Waals surface area contributed by atoms with E-state index in [4.69, 9.17) is 15.6 Å². The smallest absolute Gasteiger partial charge is 0.133 e. The number of hydrogen-bond acceptors (Lipinski definition) is 3. The van der Waals surface area contributed by atoms with E-state index in [1.54, 1.807) is 0 Å². The number of para-hydroxylation sites is 1. The Kier molecular flexibility index (Phi) is 4.21. The van der Waals surface area contributed by atoms with Crippen LogP contribution in [0, 0.1) is 0 Å². The summed E-state index contributed by atoms with van der Waals surface area (Å²) in [6.45, 7) is 0.434. The van der Waals surface area contributed by atoms with E-state index in [0.717, 1.165) is 10.2 Å². The van der Waals surface area contributed by atoms with Gasteiger partial charge >= 0.3 is 0 Å². The third-order valence-electron chi connectivity index (χ3n) is 1.54. The van der Waals surface area contributed by atoms with Crippen molar-refractivity contribution in [2.24, 2.45) is 5.73 Å². The van der Waals surface area contributed by atoms with Crippen LogP contribution in [-0.4, -0.2) is 24.4 Å². The fourth-order valence-electron chi connectivity index (χ4n) is 0.816. The minimum absolute atomic E-state index is 0.213. The normalized spacial score (nSPS) is 12.5. The van der Waals surface area contributed by atoms with Crippen LogP contribution >= 0.6 is 15.9 Å². The zero-order valence-electron chi connectivity index (χ0n) is 7.11. The number of nitrogens with two attached hydrogens (primary N) is 1. The Morgan fingerprint density at radius 1 is 1.46 bits per heavy atom. The molecule has 13 heavy (non-hydrogen) atoms. The molecule has 0 spiro atoms. The maximum atomic E-state index is 9.14. The molecule has 0 fully saturated rings. The van der Waals surface area contributed by atoms with Crippen LogP contribution in [0.5, 0.6) is 5.75 Å². The Balaban J connectivity index is 2.50. The Morgan fingerprint density at radius 2 is 2.15 bits per heavy atom. The molecule has 0 saturated heterocycles. The monoisotopic (exact) mass is 245 g/mol. The fraction of sp³-hybridized carbons (Fsp3) is 0.333. The SMILES string of the molecule is NC[C@@H](O)COc1ccccc1Br. The number of benzene rings is 1. The van der Waals surface area contributed by atoms with E-state index in [1.165, 1.54) is 0 Å². The molecule has 72 valence electrons. The largest absolute Gasteiger partial charge is 0.490 e. The molecule has 1 atom stereocenters. The maximum absolute atomic E-state index is 9.14. The van der Waals surface area contributed by atoms with Gasteiger partial charge in [-0.3, -0.25) is 0 Å². The number of halogens is 1. The summed E-state index contributed by atoms with van der Waals surface area (Å²) in [5, 5.41) is 9.14.